The molecule has 0 spiro atoms. The van der Waals surface area contributed by atoms with E-state index in [1.807, 2.05) is 24.5 Å². The Bertz CT molecular complexity index is 582. The molecule has 98 valence electrons. The molecule has 0 radical (unpaired) electrons. The Morgan fingerprint density at radius 3 is 2.63 bits per heavy atom. The standard InChI is InChI=1S/C16H19N3/c1-13(2)16-18-10-11-19(16)12-15-7-5-14(6-8-15)4-3-9-17/h5-8,10-11,13H,9,12,17H2,1-2H3. The average Bonchev–Trinajstić information content (AvgIpc) is 2.86. The van der Waals surface area contributed by atoms with E-state index < -0.39 is 0 Å². The highest BCUT2D eigenvalue weighted by atomic mass is 15.1. The predicted molar refractivity (Wildman–Crippen MR) is 77.8 cm³/mol. The van der Waals surface area contributed by atoms with Gasteiger partial charge in [0.1, 0.15) is 5.82 Å². The van der Waals surface area contributed by atoms with Crippen LogP contribution in [0.2, 0.25) is 0 Å². The summed E-state index contributed by atoms with van der Waals surface area (Å²) in [4.78, 5) is 4.40. The lowest BCUT2D eigenvalue weighted by atomic mass is 10.1. The van der Waals surface area contributed by atoms with Gasteiger partial charge in [0.25, 0.3) is 0 Å². The SMILES string of the molecule is CC(C)c1nccn1Cc1ccc(C#CCN)cc1. The van der Waals surface area contributed by atoms with Gasteiger partial charge in [0.05, 0.1) is 6.54 Å². The van der Waals surface area contributed by atoms with Gasteiger partial charge in [-0.15, -0.1) is 0 Å². The molecule has 0 unspecified atom stereocenters. The fourth-order valence-corrected chi connectivity index (χ4v) is 2.00. The van der Waals surface area contributed by atoms with E-state index in [0.717, 1.165) is 17.9 Å². The molecule has 0 saturated carbocycles. The quantitative estimate of drug-likeness (QED) is 0.853. The third-order valence-electron chi connectivity index (χ3n) is 2.91. The van der Waals surface area contributed by atoms with Gasteiger partial charge in [0.2, 0.25) is 0 Å². The third kappa shape index (κ3) is 3.46. The van der Waals surface area contributed by atoms with Crippen LogP contribution in [0.3, 0.4) is 0 Å². The first-order valence-corrected chi connectivity index (χ1v) is 6.49. The number of benzene rings is 1. The Labute approximate surface area is 114 Å². The van der Waals surface area contributed by atoms with Crippen LogP contribution < -0.4 is 5.73 Å². The van der Waals surface area contributed by atoms with E-state index in [0.29, 0.717) is 12.5 Å². The number of nitrogens with zero attached hydrogens (tertiary/aromatic N) is 2. The highest BCUT2D eigenvalue weighted by Crippen LogP contribution is 2.14. The van der Waals surface area contributed by atoms with Crippen molar-refractivity contribution >= 4 is 0 Å². The summed E-state index contributed by atoms with van der Waals surface area (Å²) in [7, 11) is 0. The predicted octanol–water partition coefficient (Wildman–Crippen LogP) is 2.37. The summed E-state index contributed by atoms with van der Waals surface area (Å²) in [6, 6.07) is 8.27. The van der Waals surface area contributed by atoms with Crippen LogP contribution in [0, 0.1) is 11.8 Å². The molecule has 0 atom stereocenters. The Kier molecular flexibility index (Phi) is 4.38. The van der Waals surface area contributed by atoms with Gasteiger partial charge in [0.15, 0.2) is 0 Å². The summed E-state index contributed by atoms with van der Waals surface area (Å²) in [6.07, 6.45) is 3.88. The van der Waals surface area contributed by atoms with Crippen LogP contribution in [-0.2, 0) is 6.54 Å². The second-order valence-electron chi connectivity index (χ2n) is 4.77. The second kappa shape index (κ2) is 6.21. The average molecular weight is 253 g/mol. The van der Waals surface area contributed by atoms with E-state index in [-0.39, 0.29) is 0 Å². The molecule has 1 aromatic carbocycles. The van der Waals surface area contributed by atoms with Gasteiger partial charge in [-0.1, -0.05) is 37.8 Å². The fourth-order valence-electron chi connectivity index (χ4n) is 2.00. The monoisotopic (exact) mass is 253 g/mol. The first-order valence-electron chi connectivity index (χ1n) is 6.49. The molecule has 0 saturated heterocycles. The number of hydrogen-bond donors (Lipinski definition) is 1. The van der Waals surface area contributed by atoms with Crippen molar-refractivity contribution in [3.63, 3.8) is 0 Å². The zero-order chi connectivity index (χ0) is 13.7. The molecule has 2 aromatic rings. The van der Waals surface area contributed by atoms with Crippen molar-refractivity contribution in [1.82, 2.24) is 9.55 Å². The van der Waals surface area contributed by atoms with Crippen LogP contribution in [-0.4, -0.2) is 16.1 Å². The summed E-state index contributed by atoms with van der Waals surface area (Å²) in [5.74, 6) is 7.43. The second-order valence-corrected chi connectivity index (χ2v) is 4.77. The maximum Gasteiger partial charge on any atom is 0.111 e. The van der Waals surface area contributed by atoms with Gasteiger partial charge in [-0.05, 0) is 17.7 Å². The topological polar surface area (TPSA) is 43.8 Å². The van der Waals surface area contributed by atoms with Gasteiger partial charge < -0.3 is 10.3 Å². The van der Waals surface area contributed by atoms with Crippen molar-refractivity contribution in [3.05, 3.63) is 53.6 Å². The Balaban J connectivity index is 2.13. The van der Waals surface area contributed by atoms with E-state index in [9.17, 15) is 0 Å². The van der Waals surface area contributed by atoms with E-state index >= 15 is 0 Å². The molecule has 3 heteroatoms. The molecule has 0 amide bonds. The van der Waals surface area contributed by atoms with Crippen LogP contribution in [0.4, 0.5) is 0 Å². The van der Waals surface area contributed by atoms with E-state index in [4.69, 9.17) is 5.73 Å². The number of aromatic nitrogens is 2. The molecule has 0 bridgehead atoms. The zero-order valence-corrected chi connectivity index (χ0v) is 11.4. The number of nitrogens with two attached hydrogens (primary N) is 1. The molecule has 1 aromatic heterocycles. The molecular formula is C16H19N3. The Hall–Kier alpha value is -2.05. The molecule has 3 nitrogen and oxygen atoms in total. The van der Waals surface area contributed by atoms with Crippen molar-refractivity contribution in [2.24, 2.45) is 5.73 Å². The third-order valence-corrected chi connectivity index (χ3v) is 2.91. The molecule has 2 N–H and O–H groups in total. The van der Waals surface area contributed by atoms with Crippen molar-refractivity contribution in [3.8, 4) is 11.8 Å². The highest BCUT2D eigenvalue weighted by molar-refractivity contribution is 5.36. The molecule has 19 heavy (non-hydrogen) atoms. The zero-order valence-electron chi connectivity index (χ0n) is 11.4. The number of imidazole rings is 1. The highest BCUT2D eigenvalue weighted by Gasteiger charge is 2.07. The van der Waals surface area contributed by atoms with Crippen molar-refractivity contribution in [2.45, 2.75) is 26.3 Å². The van der Waals surface area contributed by atoms with E-state index in [1.165, 1.54) is 5.56 Å². The minimum Gasteiger partial charge on any atom is -0.330 e. The summed E-state index contributed by atoms with van der Waals surface area (Å²) in [6.45, 7) is 5.56. The van der Waals surface area contributed by atoms with E-state index in [2.05, 4.69) is 47.4 Å². The lowest BCUT2D eigenvalue weighted by molar-refractivity contribution is 0.669. The minimum absolute atomic E-state index is 0.397. The van der Waals surface area contributed by atoms with Gasteiger partial charge in [-0.25, -0.2) is 4.98 Å². The maximum atomic E-state index is 5.36. The summed E-state index contributed by atoms with van der Waals surface area (Å²) < 4.78 is 2.19. The first kappa shape index (κ1) is 13.4. The molecule has 0 fully saturated rings. The smallest absolute Gasteiger partial charge is 0.111 e. The van der Waals surface area contributed by atoms with E-state index in [1.54, 1.807) is 0 Å². The molecular weight excluding hydrogens is 234 g/mol. The summed E-state index contributed by atoms with van der Waals surface area (Å²) in [5.41, 5.74) is 7.61. The van der Waals surface area contributed by atoms with Crippen molar-refractivity contribution < 1.29 is 0 Å². The van der Waals surface area contributed by atoms with Gasteiger partial charge >= 0.3 is 0 Å². The minimum atomic E-state index is 0.397. The van der Waals surface area contributed by atoms with Crippen molar-refractivity contribution in [1.29, 1.82) is 0 Å². The van der Waals surface area contributed by atoms with Crippen molar-refractivity contribution in [2.75, 3.05) is 6.54 Å². The largest absolute Gasteiger partial charge is 0.330 e. The van der Waals surface area contributed by atoms with Crippen LogP contribution in [0.1, 0.15) is 36.7 Å². The summed E-state index contributed by atoms with van der Waals surface area (Å²) in [5, 5.41) is 0. The lowest BCUT2D eigenvalue weighted by Gasteiger charge is -2.10. The van der Waals surface area contributed by atoms with Gasteiger partial charge in [-0.3, -0.25) is 0 Å². The molecule has 1 heterocycles. The van der Waals surface area contributed by atoms with Crippen LogP contribution >= 0.6 is 0 Å². The normalized spacial score (nSPS) is 10.3. The molecule has 0 aliphatic heterocycles. The van der Waals surface area contributed by atoms with Gasteiger partial charge in [-0.2, -0.15) is 0 Å². The molecule has 2 rings (SSSR count). The first-order chi connectivity index (χ1) is 9.20. The number of hydrogen-bond acceptors (Lipinski definition) is 2. The fraction of sp³-hybridized carbons (Fsp3) is 0.312. The van der Waals surface area contributed by atoms with Crippen LogP contribution in [0.15, 0.2) is 36.7 Å². The molecule has 0 aliphatic rings. The lowest BCUT2D eigenvalue weighted by Crippen LogP contribution is -2.05. The maximum absolute atomic E-state index is 5.36. The molecule has 0 aliphatic carbocycles. The van der Waals surface area contributed by atoms with Crippen LogP contribution in [0.25, 0.3) is 0 Å². The Morgan fingerprint density at radius 1 is 1.26 bits per heavy atom. The number of rotatable bonds is 3. The summed E-state index contributed by atoms with van der Waals surface area (Å²) >= 11 is 0. The Morgan fingerprint density at radius 2 is 2.00 bits per heavy atom. The van der Waals surface area contributed by atoms with Gasteiger partial charge in [0, 0.05) is 30.4 Å². The van der Waals surface area contributed by atoms with Crippen LogP contribution in [0.5, 0.6) is 0 Å².